The van der Waals surface area contributed by atoms with Crippen LogP contribution in [0.4, 0.5) is 5.82 Å². The van der Waals surface area contributed by atoms with Gasteiger partial charge in [0.15, 0.2) is 0 Å². The van der Waals surface area contributed by atoms with E-state index in [4.69, 9.17) is 4.74 Å². The largest absolute Gasteiger partial charge is 0.379 e. The van der Waals surface area contributed by atoms with Crippen LogP contribution in [0.5, 0.6) is 0 Å². The number of rotatable bonds is 4. The number of piperazine rings is 1. The van der Waals surface area contributed by atoms with E-state index in [0.717, 1.165) is 49.6 Å². The highest BCUT2D eigenvalue weighted by atomic mass is 16.5. The molecule has 1 spiro atoms. The summed E-state index contributed by atoms with van der Waals surface area (Å²) in [6, 6.07) is 9.64. The van der Waals surface area contributed by atoms with E-state index < -0.39 is 0 Å². The molecule has 4 rings (SSSR count). The van der Waals surface area contributed by atoms with Gasteiger partial charge in [-0.3, -0.25) is 9.69 Å². The number of amides is 1. The van der Waals surface area contributed by atoms with Crippen molar-refractivity contribution in [2.45, 2.75) is 18.5 Å². The molecule has 3 heterocycles. The van der Waals surface area contributed by atoms with Crippen LogP contribution >= 0.6 is 0 Å². The summed E-state index contributed by atoms with van der Waals surface area (Å²) in [5.41, 5.74) is 1.75. The monoisotopic (exact) mass is 367 g/mol. The van der Waals surface area contributed by atoms with Crippen molar-refractivity contribution in [2.24, 2.45) is 0 Å². The van der Waals surface area contributed by atoms with Crippen LogP contribution in [0.1, 0.15) is 22.3 Å². The molecule has 0 aliphatic carbocycles. The molecule has 2 aliphatic rings. The van der Waals surface area contributed by atoms with Gasteiger partial charge < -0.3 is 15.0 Å². The normalized spacial score (nSPS) is 22.9. The van der Waals surface area contributed by atoms with Crippen molar-refractivity contribution < 1.29 is 9.53 Å². The van der Waals surface area contributed by atoms with Crippen molar-refractivity contribution in [3.05, 3.63) is 54.0 Å². The first kappa shape index (κ1) is 17.9. The number of hydrogen-bond acceptors (Lipinski definition) is 6. The van der Waals surface area contributed by atoms with Crippen molar-refractivity contribution in [3.8, 4) is 0 Å². The maximum atomic E-state index is 13.1. The molecule has 1 N–H and O–H groups in total. The molecule has 2 fully saturated rings. The standard InChI is InChI=1S/C20H25N5O2/c1-24-8-9-25(13-20(24)6-10-27-14-20)19(26)17-4-2-3-16(11-17)12-22-18-5-7-21-15-23-18/h2-5,7,11,15H,6,8-10,12-14H2,1H3,(H,21,22,23). The Morgan fingerprint density at radius 3 is 3.04 bits per heavy atom. The molecule has 0 saturated carbocycles. The quantitative estimate of drug-likeness (QED) is 0.886. The molecule has 2 saturated heterocycles. The van der Waals surface area contributed by atoms with Gasteiger partial charge in [-0.05, 0) is 37.2 Å². The fourth-order valence-corrected chi connectivity index (χ4v) is 3.84. The summed E-state index contributed by atoms with van der Waals surface area (Å²) in [5.74, 6) is 0.863. The van der Waals surface area contributed by atoms with Gasteiger partial charge in [0.1, 0.15) is 12.1 Å². The summed E-state index contributed by atoms with van der Waals surface area (Å²) in [5, 5.41) is 3.25. The van der Waals surface area contributed by atoms with E-state index in [9.17, 15) is 4.79 Å². The third-order valence-electron chi connectivity index (χ3n) is 5.60. The zero-order valence-electron chi connectivity index (χ0n) is 15.6. The lowest BCUT2D eigenvalue weighted by Gasteiger charge is -2.46. The Hall–Kier alpha value is -2.51. The number of likely N-dealkylation sites (N-methyl/N-ethyl adjacent to an activating group) is 1. The molecular formula is C20H25N5O2. The Bertz CT molecular complexity index is 792. The maximum absolute atomic E-state index is 13.1. The van der Waals surface area contributed by atoms with Crippen LogP contribution in [-0.4, -0.2) is 71.1 Å². The zero-order valence-corrected chi connectivity index (χ0v) is 15.6. The van der Waals surface area contributed by atoms with E-state index in [1.54, 1.807) is 6.20 Å². The predicted octanol–water partition coefficient (Wildman–Crippen LogP) is 1.64. The highest BCUT2D eigenvalue weighted by Crippen LogP contribution is 2.29. The number of carbonyl (C=O) groups is 1. The lowest BCUT2D eigenvalue weighted by molar-refractivity contribution is 0.00925. The van der Waals surface area contributed by atoms with Crippen LogP contribution in [0.25, 0.3) is 0 Å². The van der Waals surface area contributed by atoms with Crippen molar-refractivity contribution in [1.82, 2.24) is 19.8 Å². The van der Waals surface area contributed by atoms with Crippen LogP contribution in [0.2, 0.25) is 0 Å². The van der Waals surface area contributed by atoms with E-state index >= 15 is 0 Å². The van der Waals surface area contributed by atoms with Crippen LogP contribution < -0.4 is 5.32 Å². The van der Waals surface area contributed by atoms with Gasteiger partial charge in [-0.15, -0.1) is 0 Å². The van der Waals surface area contributed by atoms with E-state index in [0.29, 0.717) is 13.2 Å². The maximum Gasteiger partial charge on any atom is 0.253 e. The molecule has 27 heavy (non-hydrogen) atoms. The number of nitrogens with zero attached hydrogens (tertiary/aromatic N) is 4. The molecule has 7 nitrogen and oxygen atoms in total. The summed E-state index contributed by atoms with van der Waals surface area (Å²) >= 11 is 0. The Balaban J connectivity index is 1.44. The Kier molecular flexibility index (Phi) is 5.05. The van der Waals surface area contributed by atoms with Crippen LogP contribution in [0.15, 0.2) is 42.9 Å². The minimum Gasteiger partial charge on any atom is -0.379 e. The number of aromatic nitrogens is 2. The van der Waals surface area contributed by atoms with Gasteiger partial charge in [-0.25, -0.2) is 9.97 Å². The van der Waals surface area contributed by atoms with Gasteiger partial charge in [0.2, 0.25) is 0 Å². The van der Waals surface area contributed by atoms with Gasteiger partial charge in [0.05, 0.1) is 12.1 Å². The fraction of sp³-hybridized carbons (Fsp3) is 0.450. The van der Waals surface area contributed by atoms with Crippen LogP contribution in [0.3, 0.4) is 0 Å². The molecular weight excluding hydrogens is 342 g/mol. The van der Waals surface area contributed by atoms with Gasteiger partial charge >= 0.3 is 0 Å². The number of ether oxygens (including phenoxy) is 1. The van der Waals surface area contributed by atoms with Crippen LogP contribution in [-0.2, 0) is 11.3 Å². The number of benzene rings is 1. The average molecular weight is 367 g/mol. The summed E-state index contributed by atoms with van der Waals surface area (Å²) in [7, 11) is 2.13. The first-order chi connectivity index (χ1) is 13.2. The van der Waals surface area contributed by atoms with E-state index in [1.807, 2.05) is 35.2 Å². The van der Waals surface area contributed by atoms with Crippen molar-refractivity contribution in [3.63, 3.8) is 0 Å². The molecule has 1 aromatic heterocycles. The SMILES string of the molecule is CN1CCN(C(=O)c2cccc(CNc3ccncn3)c2)CC12CCOC2. The highest BCUT2D eigenvalue weighted by molar-refractivity contribution is 5.94. The summed E-state index contributed by atoms with van der Waals surface area (Å²) < 4.78 is 5.64. The third-order valence-corrected chi connectivity index (χ3v) is 5.60. The first-order valence-corrected chi connectivity index (χ1v) is 9.33. The topological polar surface area (TPSA) is 70.6 Å². The number of anilines is 1. The van der Waals surface area contributed by atoms with Crippen molar-refractivity contribution in [1.29, 1.82) is 0 Å². The van der Waals surface area contributed by atoms with Gasteiger partial charge in [0, 0.05) is 44.5 Å². The Labute approximate surface area is 159 Å². The molecule has 0 bridgehead atoms. The van der Waals surface area contributed by atoms with Crippen molar-refractivity contribution >= 4 is 11.7 Å². The molecule has 1 amide bonds. The minimum absolute atomic E-state index is 0.0277. The summed E-state index contributed by atoms with van der Waals surface area (Å²) in [4.78, 5) is 25.5. The lowest BCUT2D eigenvalue weighted by atomic mass is 9.93. The second-order valence-corrected chi connectivity index (χ2v) is 7.32. The molecule has 1 unspecified atom stereocenters. The molecule has 0 radical (unpaired) electrons. The molecule has 1 aromatic carbocycles. The second kappa shape index (κ2) is 7.62. The van der Waals surface area contributed by atoms with E-state index in [-0.39, 0.29) is 11.4 Å². The number of nitrogens with one attached hydrogen (secondary N) is 1. The van der Waals surface area contributed by atoms with E-state index in [1.165, 1.54) is 6.33 Å². The zero-order chi connectivity index (χ0) is 18.7. The molecule has 2 aromatic rings. The third kappa shape index (κ3) is 3.79. The lowest BCUT2D eigenvalue weighted by Crippen LogP contribution is -2.62. The van der Waals surface area contributed by atoms with E-state index in [2.05, 4.69) is 27.2 Å². The predicted molar refractivity (Wildman–Crippen MR) is 103 cm³/mol. The van der Waals surface area contributed by atoms with Gasteiger partial charge in [-0.1, -0.05) is 12.1 Å². The van der Waals surface area contributed by atoms with Gasteiger partial charge in [-0.2, -0.15) is 0 Å². The molecule has 142 valence electrons. The summed E-state index contributed by atoms with van der Waals surface area (Å²) in [6.07, 6.45) is 4.19. The van der Waals surface area contributed by atoms with Crippen LogP contribution in [0, 0.1) is 0 Å². The number of carbonyl (C=O) groups excluding carboxylic acids is 1. The fourth-order valence-electron chi connectivity index (χ4n) is 3.84. The van der Waals surface area contributed by atoms with Crippen molar-refractivity contribution in [2.75, 3.05) is 45.2 Å². The molecule has 1 atom stereocenters. The Morgan fingerprint density at radius 2 is 2.26 bits per heavy atom. The molecule has 7 heteroatoms. The summed E-state index contributed by atoms with van der Waals surface area (Å²) in [6.45, 7) is 4.45. The smallest absolute Gasteiger partial charge is 0.253 e. The minimum atomic E-state index is -0.0277. The molecule has 2 aliphatic heterocycles. The first-order valence-electron chi connectivity index (χ1n) is 9.33. The Morgan fingerprint density at radius 1 is 1.33 bits per heavy atom. The second-order valence-electron chi connectivity index (χ2n) is 7.32. The highest BCUT2D eigenvalue weighted by Gasteiger charge is 2.44. The number of hydrogen-bond donors (Lipinski definition) is 1. The average Bonchev–Trinajstić information content (AvgIpc) is 3.18. The van der Waals surface area contributed by atoms with Gasteiger partial charge in [0.25, 0.3) is 5.91 Å².